The van der Waals surface area contributed by atoms with Crippen LogP contribution in [0.5, 0.6) is 0 Å². The normalized spacial score (nSPS) is 14.6. The Bertz CT molecular complexity index is 3110. The van der Waals surface area contributed by atoms with E-state index in [4.69, 9.17) is 0 Å². The van der Waals surface area contributed by atoms with Gasteiger partial charge in [0.25, 0.3) is 0 Å². The van der Waals surface area contributed by atoms with E-state index >= 15 is 0 Å². The molecule has 306 valence electrons. The molecule has 11 rings (SSSR count). The van der Waals surface area contributed by atoms with Crippen molar-refractivity contribution in [3.63, 3.8) is 0 Å². The molecule has 0 aromatic heterocycles. The van der Waals surface area contributed by atoms with E-state index in [0.29, 0.717) is 5.92 Å². The van der Waals surface area contributed by atoms with Gasteiger partial charge in [0.15, 0.2) is 0 Å². The molecule has 0 unspecified atom stereocenters. The number of rotatable bonds is 8. The van der Waals surface area contributed by atoms with Gasteiger partial charge in [-0.3, -0.25) is 0 Å². The summed E-state index contributed by atoms with van der Waals surface area (Å²) < 4.78 is 0. The van der Waals surface area contributed by atoms with Crippen LogP contribution in [0.3, 0.4) is 0 Å². The van der Waals surface area contributed by atoms with Crippen molar-refractivity contribution in [3.8, 4) is 0 Å². The van der Waals surface area contributed by atoms with Gasteiger partial charge in [0, 0.05) is 31.0 Å². The van der Waals surface area contributed by atoms with Crippen LogP contribution < -0.4 is 9.80 Å². The molecule has 2 heterocycles. The number of fused-ring (bicyclic) bond motifs is 7. The molecule has 1 aliphatic carbocycles. The molecule has 1 saturated carbocycles. The molecule has 3 aliphatic rings. The Morgan fingerprint density at radius 2 is 1.05 bits per heavy atom. The zero-order valence-electron chi connectivity index (χ0n) is 35.7. The van der Waals surface area contributed by atoms with Crippen molar-refractivity contribution in [1.29, 1.82) is 0 Å². The zero-order chi connectivity index (χ0) is 42.4. The summed E-state index contributed by atoms with van der Waals surface area (Å²) in [5.41, 5.74) is 14.8. The highest BCUT2D eigenvalue weighted by Crippen LogP contribution is 2.52. The predicted octanol–water partition coefficient (Wildman–Crippen LogP) is 17.9. The first kappa shape index (κ1) is 39.4. The molecule has 63 heavy (non-hydrogen) atoms. The first-order valence-electron chi connectivity index (χ1n) is 22.1. The Labute approximate surface area is 380 Å². The monoisotopic (exact) mass is 848 g/mol. The molecule has 0 spiro atoms. The Hall–Kier alpha value is -6.46. The summed E-state index contributed by atoms with van der Waals surface area (Å²) in [6, 6.07) is 60.2. The fourth-order valence-corrected chi connectivity index (χ4v) is 11.9. The van der Waals surface area contributed by atoms with Crippen molar-refractivity contribution in [2.45, 2.75) is 65.0 Å². The number of anilines is 5. The predicted molar refractivity (Wildman–Crippen MR) is 273 cm³/mol. The van der Waals surface area contributed by atoms with E-state index in [1.165, 1.54) is 129 Å². The summed E-state index contributed by atoms with van der Waals surface area (Å²) in [7, 11) is 0. The van der Waals surface area contributed by atoms with Gasteiger partial charge in [0.1, 0.15) is 0 Å². The number of hydrogen-bond acceptors (Lipinski definition) is 4. The summed E-state index contributed by atoms with van der Waals surface area (Å²) >= 11 is 3.67. The highest BCUT2D eigenvalue weighted by atomic mass is 32.2. The van der Waals surface area contributed by atoms with Crippen LogP contribution in [0.1, 0.15) is 67.7 Å². The highest BCUT2D eigenvalue weighted by Gasteiger charge is 2.26. The van der Waals surface area contributed by atoms with Crippen LogP contribution in [-0.4, -0.2) is 0 Å². The summed E-state index contributed by atoms with van der Waals surface area (Å²) in [6.07, 6.45) is 14.2. The molecule has 8 aromatic carbocycles. The molecule has 0 atom stereocenters. The van der Waals surface area contributed by atoms with Gasteiger partial charge in [0.2, 0.25) is 0 Å². The molecule has 2 aliphatic heterocycles. The lowest BCUT2D eigenvalue weighted by Crippen LogP contribution is -2.18. The summed E-state index contributed by atoms with van der Waals surface area (Å²) in [4.78, 5) is 9.77. The Morgan fingerprint density at radius 3 is 1.65 bits per heavy atom. The first-order valence-corrected chi connectivity index (χ1v) is 23.8. The van der Waals surface area contributed by atoms with Crippen molar-refractivity contribution < 1.29 is 0 Å². The van der Waals surface area contributed by atoms with Crippen LogP contribution in [0.25, 0.3) is 39.3 Å². The topological polar surface area (TPSA) is 6.48 Å². The highest BCUT2D eigenvalue weighted by molar-refractivity contribution is 8.00. The number of benzene rings is 8. The molecule has 1 fully saturated rings. The minimum atomic E-state index is 0.560. The molecular formula is C59H48N2S2. The maximum atomic E-state index is 4.63. The lowest BCUT2D eigenvalue weighted by molar-refractivity contribution is 0.721. The fourth-order valence-electron chi connectivity index (χ4n) is 9.79. The SMILES string of the molecule is C=C(/C=C\C(=C(C)C)c1ccc(/C=C/c2ccc3c(ccc4cc(N5c6ccccc6Sc6ccccc65)ccc43)c2)cc1C1CCCC1)N1c2ccccc2Sc2ccccc21. The van der Waals surface area contributed by atoms with E-state index < -0.39 is 0 Å². The van der Waals surface area contributed by atoms with Crippen LogP contribution in [0.15, 0.2) is 213 Å². The number of hydrogen-bond donors (Lipinski definition) is 0. The second kappa shape index (κ2) is 16.7. The summed E-state index contributed by atoms with van der Waals surface area (Å²) in [5.74, 6) is 0.560. The molecule has 0 saturated heterocycles. The molecule has 0 bridgehead atoms. The standard InChI is InChI=1S/C59H48N2S2/c1-39(2)47(32-24-40(3)60-52-16-6-10-20-56(52)62-57-21-11-7-17-53(57)60)50-34-28-42(37-51(50)43-14-4-5-15-43)26-25-41-27-33-48-44(36-41)29-30-45-38-46(31-35-49(45)48)61-54-18-8-12-22-58(54)63-59-23-13-9-19-55(59)61/h6-13,16-38,43H,3-5,14-15H2,1-2H3/b26-25+,32-24-. The maximum absolute atomic E-state index is 4.63. The van der Waals surface area contributed by atoms with Crippen molar-refractivity contribution in [3.05, 3.63) is 216 Å². The average molecular weight is 849 g/mol. The molecule has 4 heteroatoms. The van der Waals surface area contributed by atoms with Crippen molar-refractivity contribution in [2.24, 2.45) is 0 Å². The third kappa shape index (κ3) is 7.41. The molecule has 0 N–H and O–H groups in total. The lowest BCUT2D eigenvalue weighted by Gasteiger charge is -2.33. The zero-order valence-corrected chi connectivity index (χ0v) is 37.4. The molecule has 2 nitrogen and oxygen atoms in total. The Morgan fingerprint density at radius 1 is 0.540 bits per heavy atom. The van der Waals surface area contributed by atoms with E-state index in [-0.39, 0.29) is 0 Å². The lowest BCUT2D eigenvalue weighted by atomic mass is 9.86. The summed E-state index contributed by atoms with van der Waals surface area (Å²) in [5, 5.41) is 5.04. The van der Waals surface area contributed by atoms with Gasteiger partial charge in [0.05, 0.1) is 22.7 Å². The number of nitrogens with zero attached hydrogens (tertiary/aromatic N) is 2. The third-order valence-corrected chi connectivity index (χ3v) is 15.1. The average Bonchev–Trinajstić information content (AvgIpc) is 3.87. The third-order valence-electron chi connectivity index (χ3n) is 12.9. The van der Waals surface area contributed by atoms with Crippen LogP contribution >= 0.6 is 23.5 Å². The molecule has 8 aromatic rings. The maximum Gasteiger partial charge on any atom is 0.0601 e. The van der Waals surface area contributed by atoms with E-state index in [1.54, 1.807) is 0 Å². The quantitative estimate of drug-likeness (QED) is 0.0853. The van der Waals surface area contributed by atoms with Crippen LogP contribution in [0.4, 0.5) is 28.4 Å². The van der Waals surface area contributed by atoms with Gasteiger partial charge in [-0.15, -0.1) is 0 Å². The van der Waals surface area contributed by atoms with Gasteiger partial charge >= 0.3 is 0 Å². The smallest absolute Gasteiger partial charge is 0.0601 e. The van der Waals surface area contributed by atoms with E-state index in [2.05, 4.69) is 218 Å². The van der Waals surface area contributed by atoms with Crippen molar-refractivity contribution in [2.75, 3.05) is 9.80 Å². The second-order valence-corrected chi connectivity index (χ2v) is 19.3. The molecular weight excluding hydrogens is 801 g/mol. The van der Waals surface area contributed by atoms with Gasteiger partial charge in [-0.05, 0) is 155 Å². The fraction of sp³-hybridized carbons (Fsp3) is 0.119. The Balaban J connectivity index is 0.878. The van der Waals surface area contributed by atoms with Crippen LogP contribution in [-0.2, 0) is 0 Å². The van der Waals surface area contributed by atoms with Crippen LogP contribution in [0, 0.1) is 0 Å². The van der Waals surface area contributed by atoms with Gasteiger partial charge in [-0.2, -0.15) is 0 Å². The second-order valence-electron chi connectivity index (χ2n) is 17.1. The summed E-state index contributed by atoms with van der Waals surface area (Å²) in [6.45, 7) is 9.11. The number of para-hydroxylation sites is 4. The largest absolute Gasteiger partial charge is 0.309 e. The van der Waals surface area contributed by atoms with Gasteiger partial charge < -0.3 is 9.80 Å². The van der Waals surface area contributed by atoms with Gasteiger partial charge in [-0.1, -0.05) is 164 Å². The van der Waals surface area contributed by atoms with Gasteiger partial charge in [-0.25, -0.2) is 0 Å². The number of allylic oxidation sites excluding steroid dienone is 4. The van der Waals surface area contributed by atoms with Crippen molar-refractivity contribution in [1.82, 2.24) is 0 Å². The Kier molecular flexibility index (Phi) is 10.4. The minimum absolute atomic E-state index is 0.560. The molecule has 0 amide bonds. The van der Waals surface area contributed by atoms with E-state index in [0.717, 1.165) is 5.70 Å². The van der Waals surface area contributed by atoms with E-state index in [1.807, 2.05) is 23.5 Å². The molecule has 0 radical (unpaired) electrons. The van der Waals surface area contributed by atoms with E-state index in [9.17, 15) is 0 Å². The minimum Gasteiger partial charge on any atom is -0.309 e. The van der Waals surface area contributed by atoms with Crippen molar-refractivity contribution >= 4 is 91.2 Å². The first-order chi connectivity index (χ1) is 31.0. The van der Waals surface area contributed by atoms with Crippen LogP contribution in [0.2, 0.25) is 0 Å².